The van der Waals surface area contributed by atoms with Gasteiger partial charge in [-0.25, -0.2) is 0 Å². The number of aliphatic imine (C=N–C) groups is 1. The van der Waals surface area contributed by atoms with E-state index >= 15 is 0 Å². The SMILES string of the molecule is CC1=Nc2ccccc2[C@H](OCc2ccccc2)C1. The van der Waals surface area contributed by atoms with Crippen LogP contribution in [0.15, 0.2) is 59.6 Å². The molecule has 3 rings (SSSR count). The Bertz CT molecular complexity index is 589. The fraction of sp³-hybridized carbons (Fsp3) is 0.235. The summed E-state index contributed by atoms with van der Waals surface area (Å²) in [6, 6.07) is 18.5. The molecule has 0 radical (unpaired) electrons. The lowest BCUT2D eigenvalue weighted by Gasteiger charge is -2.24. The molecule has 1 heterocycles. The summed E-state index contributed by atoms with van der Waals surface area (Å²) < 4.78 is 6.09. The third kappa shape index (κ3) is 2.74. The van der Waals surface area contributed by atoms with Crippen molar-refractivity contribution in [2.45, 2.75) is 26.1 Å². The smallest absolute Gasteiger partial charge is 0.0902 e. The Hall–Kier alpha value is -1.93. The molecule has 1 aliphatic rings. The topological polar surface area (TPSA) is 21.6 Å². The average Bonchev–Trinajstić information content (AvgIpc) is 2.45. The molecule has 2 nitrogen and oxygen atoms in total. The van der Waals surface area contributed by atoms with E-state index in [1.165, 1.54) is 11.1 Å². The van der Waals surface area contributed by atoms with Crippen molar-refractivity contribution in [3.05, 3.63) is 65.7 Å². The Morgan fingerprint density at radius 2 is 1.79 bits per heavy atom. The van der Waals surface area contributed by atoms with E-state index in [1.54, 1.807) is 0 Å². The van der Waals surface area contributed by atoms with Gasteiger partial charge in [0, 0.05) is 17.7 Å². The van der Waals surface area contributed by atoms with Crippen LogP contribution in [0.5, 0.6) is 0 Å². The highest BCUT2D eigenvalue weighted by Crippen LogP contribution is 2.35. The maximum atomic E-state index is 6.09. The first kappa shape index (κ1) is 12.1. The number of rotatable bonds is 3. The van der Waals surface area contributed by atoms with Crippen LogP contribution in [0.1, 0.15) is 30.6 Å². The molecule has 2 aromatic rings. The molecule has 0 unspecified atom stereocenters. The van der Waals surface area contributed by atoms with E-state index in [0.29, 0.717) is 6.61 Å². The van der Waals surface area contributed by atoms with Crippen molar-refractivity contribution in [2.24, 2.45) is 4.99 Å². The Morgan fingerprint density at radius 3 is 2.63 bits per heavy atom. The van der Waals surface area contributed by atoms with Crippen molar-refractivity contribution in [1.29, 1.82) is 0 Å². The maximum Gasteiger partial charge on any atom is 0.0902 e. The minimum absolute atomic E-state index is 0.119. The summed E-state index contributed by atoms with van der Waals surface area (Å²) in [6.45, 7) is 2.71. The highest BCUT2D eigenvalue weighted by Gasteiger charge is 2.20. The average molecular weight is 251 g/mol. The van der Waals surface area contributed by atoms with Gasteiger partial charge in [0.1, 0.15) is 0 Å². The molecule has 1 aliphatic heterocycles. The summed E-state index contributed by atoms with van der Waals surface area (Å²) in [7, 11) is 0. The van der Waals surface area contributed by atoms with E-state index in [1.807, 2.05) is 30.3 Å². The molecule has 0 N–H and O–H groups in total. The third-order valence-corrected chi connectivity index (χ3v) is 3.37. The van der Waals surface area contributed by atoms with Gasteiger partial charge < -0.3 is 4.74 Å². The minimum atomic E-state index is 0.119. The molecule has 0 fully saturated rings. The molecule has 0 aliphatic carbocycles. The first-order chi connectivity index (χ1) is 9.33. The lowest BCUT2D eigenvalue weighted by molar-refractivity contribution is 0.0440. The van der Waals surface area contributed by atoms with Gasteiger partial charge in [-0.05, 0) is 18.6 Å². The molecule has 1 atom stereocenters. The summed E-state index contributed by atoms with van der Waals surface area (Å²) in [4.78, 5) is 4.59. The lowest BCUT2D eigenvalue weighted by Crippen LogP contribution is -2.12. The molecule has 0 bridgehead atoms. The van der Waals surface area contributed by atoms with Crippen LogP contribution in [0, 0.1) is 0 Å². The van der Waals surface area contributed by atoms with Gasteiger partial charge >= 0.3 is 0 Å². The predicted molar refractivity (Wildman–Crippen MR) is 77.8 cm³/mol. The van der Waals surface area contributed by atoms with Crippen molar-refractivity contribution < 1.29 is 4.74 Å². The van der Waals surface area contributed by atoms with Crippen LogP contribution < -0.4 is 0 Å². The first-order valence-corrected chi connectivity index (χ1v) is 6.61. The molecule has 2 aromatic carbocycles. The number of hydrogen-bond donors (Lipinski definition) is 0. The summed E-state index contributed by atoms with van der Waals surface area (Å²) in [6.07, 6.45) is 0.998. The summed E-state index contributed by atoms with van der Waals surface area (Å²) in [5.41, 5.74) is 4.59. The fourth-order valence-electron chi connectivity index (χ4n) is 2.41. The van der Waals surface area contributed by atoms with Gasteiger partial charge in [0.15, 0.2) is 0 Å². The van der Waals surface area contributed by atoms with Crippen LogP contribution in [0.3, 0.4) is 0 Å². The molecule has 0 spiro atoms. The predicted octanol–water partition coefficient (Wildman–Crippen LogP) is 4.44. The molecule has 19 heavy (non-hydrogen) atoms. The highest BCUT2D eigenvalue weighted by molar-refractivity contribution is 5.87. The molecule has 0 aromatic heterocycles. The Balaban J connectivity index is 1.77. The first-order valence-electron chi connectivity index (χ1n) is 6.61. The van der Waals surface area contributed by atoms with Gasteiger partial charge in [0.25, 0.3) is 0 Å². The molecule has 96 valence electrons. The van der Waals surface area contributed by atoms with Crippen LogP contribution in [-0.2, 0) is 11.3 Å². The zero-order chi connectivity index (χ0) is 13.1. The standard InChI is InChI=1S/C17H17NO/c1-13-11-17(15-9-5-6-10-16(15)18-13)19-12-14-7-3-2-4-8-14/h2-10,17H,11-12H2,1H3/t17-/m1/s1. The van der Waals surface area contributed by atoms with E-state index < -0.39 is 0 Å². The minimum Gasteiger partial charge on any atom is -0.368 e. The van der Waals surface area contributed by atoms with Crippen molar-refractivity contribution in [3.8, 4) is 0 Å². The second kappa shape index (κ2) is 5.37. The van der Waals surface area contributed by atoms with E-state index in [0.717, 1.165) is 17.8 Å². The highest BCUT2D eigenvalue weighted by atomic mass is 16.5. The summed E-state index contributed by atoms with van der Waals surface area (Å²) >= 11 is 0. The van der Waals surface area contributed by atoms with Crippen LogP contribution >= 0.6 is 0 Å². The Labute approximate surface area is 113 Å². The zero-order valence-electron chi connectivity index (χ0n) is 11.0. The molecule has 0 amide bonds. The van der Waals surface area contributed by atoms with Gasteiger partial charge in [-0.3, -0.25) is 4.99 Å². The van der Waals surface area contributed by atoms with Crippen LogP contribution in [0.4, 0.5) is 5.69 Å². The van der Waals surface area contributed by atoms with Gasteiger partial charge in [-0.1, -0.05) is 48.5 Å². The van der Waals surface area contributed by atoms with E-state index in [9.17, 15) is 0 Å². The molecule has 0 saturated carbocycles. The van der Waals surface area contributed by atoms with Crippen molar-refractivity contribution >= 4 is 11.4 Å². The van der Waals surface area contributed by atoms with Crippen molar-refractivity contribution in [1.82, 2.24) is 0 Å². The lowest BCUT2D eigenvalue weighted by atomic mass is 9.99. The van der Waals surface area contributed by atoms with Gasteiger partial charge in [-0.2, -0.15) is 0 Å². The van der Waals surface area contributed by atoms with E-state index in [4.69, 9.17) is 4.74 Å². The summed E-state index contributed by atoms with van der Waals surface area (Å²) in [5, 5.41) is 0. The summed E-state index contributed by atoms with van der Waals surface area (Å²) in [5.74, 6) is 0. The molecular formula is C17H17NO. The Kier molecular flexibility index (Phi) is 3.43. The molecule has 0 saturated heterocycles. The zero-order valence-corrected chi connectivity index (χ0v) is 11.0. The Morgan fingerprint density at radius 1 is 1.05 bits per heavy atom. The largest absolute Gasteiger partial charge is 0.368 e. The van der Waals surface area contributed by atoms with Crippen LogP contribution in [0.25, 0.3) is 0 Å². The number of ether oxygens (including phenoxy) is 1. The number of benzene rings is 2. The number of para-hydroxylation sites is 1. The molecular weight excluding hydrogens is 234 g/mol. The number of nitrogens with zero attached hydrogens (tertiary/aromatic N) is 1. The maximum absolute atomic E-state index is 6.09. The van der Waals surface area contributed by atoms with Gasteiger partial charge in [0.05, 0.1) is 18.4 Å². The normalized spacial score (nSPS) is 17.7. The monoisotopic (exact) mass is 251 g/mol. The molecule has 2 heteroatoms. The van der Waals surface area contributed by atoms with E-state index in [2.05, 4.69) is 36.2 Å². The van der Waals surface area contributed by atoms with Gasteiger partial charge in [0.2, 0.25) is 0 Å². The van der Waals surface area contributed by atoms with Crippen LogP contribution in [0.2, 0.25) is 0 Å². The second-order valence-corrected chi connectivity index (χ2v) is 4.90. The number of hydrogen-bond acceptors (Lipinski definition) is 2. The third-order valence-electron chi connectivity index (χ3n) is 3.37. The fourth-order valence-corrected chi connectivity index (χ4v) is 2.41. The van der Waals surface area contributed by atoms with Crippen LogP contribution in [-0.4, -0.2) is 5.71 Å². The second-order valence-electron chi connectivity index (χ2n) is 4.90. The van der Waals surface area contributed by atoms with Gasteiger partial charge in [-0.15, -0.1) is 0 Å². The van der Waals surface area contributed by atoms with E-state index in [-0.39, 0.29) is 6.10 Å². The van der Waals surface area contributed by atoms with Crippen molar-refractivity contribution in [3.63, 3.8) is 0 Å². The quantitative estimate of drug-likeness (QED) is 0.790. The number of fused-ring (bicyclic) bond motifs is 1. The van der Waals surface area contributed by atoms with Crippen molar-refractivity contribution in [2.75, 3.05) is 0 Å².